The fourth-order valence-electron chi connectivity index (χ4n) is 5.56. The number of nitrogens with zero attached hydrogens (tertiary/aromatic N) is 4. The first-order valence-electron chi connectivity index (χ1n) is 12.6. The van der Waals surface area contributed by atoms with Gasteiger partial charge in [0.05, 0.1) is 34.6 Å². The van der Waals surface area contributed by atoms with Crippen molar-refractivity contribution in [2.75, 3.05) is 4.90 Å². The van der Waals surface area contributed by atoms with E-state index >= 15 is 0 Å². The van der Waals surface area contributed by atoms with Crippen LogP contribution >= 0.6 is 11.3 Å². The molecule has 9 heteroatoms. The third-order valence-corrected chi connectivity index (χ3v) is 8.74. The Balaban J connectivity index is 1.49. The number of thiazole rings is 1. The Morgan fingerprint density at radius 1 is 1.03 bits per heavy atom. The number of fused-ring (bicyclic) bond motifs is 1. The van der Waals surface area contributed by atoms with Crippen LogP contribution in [-0.4, -0.2) is 26.6 Å². The molecular formula is C30H26FN5O2S. The topological polar surface area (TPSA) is 94.1 Å². The number of anilines is 1. The molecule has 6 rings (SSSR count). The molecule has 1 aliphatic rings. The van der Waals surface area contributed by atoms with Crippen molar-refractivity contribution in [3.05, 3.63) is 106 Å². The van der Waals surface area contributed by atoms with E-state index in [0.717, 1.165) is 27.8 Å². The number of primary amides is 1. The molecule has 2 aromatic heterocycles. The lowest BCUT2D eigenvalue weighted by Crippen LogP contribution is -2.32. The van der Waals surface area contributed by atoms with Gasteiger partial charge in [0.1, 0.15) is 15.7 Å². The number of aryl methyl sites for hydroxylation is 1. The van der Waals surface area contributed by atoms with Gasteiger partial charge in [-0.1, -0.05) is 44.2 Å². The molecule has 0 spiro atoms. The molecule has 5 aromatic rings. The smallest absolute Gasteiger partial charge is 0.260 e. The van der Waals surface area contributed by atoms with E-state index in [4.69, 9.17) is 10.7 Å². The maximum Gasteiger partial charge on any atom is 0.260 e. The van der Waals surface area contributed by atoms with E-state index in [9.17, 15) is 14.0 Å². The number of hydrogen-bond donors (Lipinski definition) is 1. The summed E-state index contributed by atoms with van der Waals surface area (Å²) >= 11 is 1.26. The quantitative estimate of drug-likeness (QED) is 0.300. The minimum Gasteiger partial charge on any atom is -0.365 e. The third kappa shape index (κ3) is 4.01. The molecule has 196 valence electrons. The van der Waals surface area contributed by atoms with Gasteiger partial charge in [0.15, 0.2) is 0 Å². The summed E-state index contributed by atoms with van der Waals surface area (Å²) in [4.78, 5) is 33.2. The van der Waals surface area contributed by atoms with Gasteiger partial charge in [-0.25, -0.2) is 14.1 Å². The number of amides is 2. The summed E-state index contributed by atoms with van der Waals surface area (Å²) in [7, 11) is 0. The van der Waals surface area contributed by atoms with Gasteiger partial charge in [0.25, 0.3) is 5.91 Å². The second-order valence-electron chi connectivity index (χ2n) is 10.3. The summed E-state index contributed by atoms with van der Waals surface area (Å²) in [5.41, 5.74) is 8.66. The molecule has 2 amide bonds. The molecule has 0 unspecified atom stereocenters. The molecule has 3 aromatic carbocycles. The minimum absolute atomic E-state index is 0.0416. The molecule has 0 bridgehead atoms. The van der Waals surface area contributed by atoms with Crippen molar-refractivity contribution in [1.82, 2.24) is 14.8 Å². The van der Waals surface area contributed by atoms with Crippen molar-refractivity contribution < 1.29 is 14.0 Å². The predicted molar refractivity (Wildman–Crippen MR) is 150 cm³/mol. The van der Waals surface area contributed by atoms with Gasteiger partial charge < -0.3 is 10.6 Å². The molecule has 7 nitrogen and oxygen atoms in total. The molecule has 1 aliphatic heterocycles. The Kier molecular flexibility index (Phi) is 5.84. The van der Waals surface area contributed by atoms with E-state index in [1.807, 2.05) is 67.3 Å². The Hall–Kier alpha value is -4.37. The summed E-state index contributed by atoms with van der Waals surface area (Å²) in [6.07, 6.45) is 1.74. The van der Waals surface area contributed by atoms with Crippen LogP contribution in [0.1, 0.15) is 51.7 Å². The lowest BCUT2D eigenvalue weighted by Gasteiger charge is -2.29. The number of carbonyl (C=O) groups is 2. The van der Waals surface area contributed by atoms with Crippen LogP contribution in [0.15, 0.2) is 79.0 Å². The molecule has 2 atom stereocenters. The van der Waals surface area contributed by atoms with Gasteiger partial charge in [-0.15, -0.1) is 11.3 Å². The van der Waals surface area contributed by atoms with E-state index in [-0.39, 0.29) is 23.7 Å². The average molecular weight is 540 g/mol. The zero-order valence-corrected chi connectivity index (χ0v) is 22.4. The van der Waals surface area contributed by atoms with Gasteiger partial charge in [0.2, 0.25) is 5.91 Å². The highest BCUT2D eigenvalue weighted by Gasteiger charge is 2.56. The average Bonchev–Trinajstić information content (AvgIpc) is 3.57. The molecule has 0 aliphatic carbocycles. The highest BCUT2D eigenvalue weighted by Crippen LogP contribution is 2.56. The summed E-state index contributed by atoms with van der Waals surface area (Å²) in [5, 5.41) is 6.07. The highest BCUT2D eigenvalue weighted by atomic mass is 32.1. The Labute approximate surface area is 228 Å². The van der Waals surface area contributed by atoms with Crippen molar-refractivity contribution in [3.8, 4) is 5.69 Å². The number of aromatic nitrogens is 3. The molecule has 1 saturated heterocycles. The minimum atomic E-state index is -0.813. The largest absolute Gasteiger partial charge is 0.365 e. The van der Waals surface area contributed by atoms with Crippen molar-refractivity contribution in [2.45, 2.75) is 32.7 Å². The Bertz CT molecular complexity index is 1730. The fraction of sp³-hybridized carbons (Fsp3) is 0.200. The lowest BCUT2D eigenvalue weighted by atomic mass is 9.77. The van der Waals surface area contributed by atoms with Crippen molar-refractivity contribution >= 4 is 39.7 Å². The maximum atomic E-state index is 14.2. The van der Waals surface area contributed by atoms with E-state index < -0.39 is 11.3 Å². The third-order valence-electron chi connectivity index (χ3n) is 7.49. The first-order valence-corrected chi connectivity index (χ1v) is 13.4. The second-order valence-corrected chi connectivity index (χ2v) is 11.4. The zero-order chi connectivity index (χ0) is 27.5. The van der Waals surface area contributed by atoms with E-state index in [2.05, 4.69) is 5.10 Å². The molecule has 3 heterocycles. The number of carbonyl (C=O) groups excluding carboxylic acids is 2. The number of rotatable bonds is 5. The van der Waals surface area contributed by atoms with Crippen molar-refractivity contribution in [1.29, 1.82) is 0 Å². The molecule has 1 fully saturated rings. The van der Waals surface area contributed by atoms with Gasteiger partial charge in [-0.3, -0.25) is 9.59 Å². The molecule has 0 saturated carbocycles. The number of halogens is 1. The van der Waals surface area contributed by atoms with Crippen LogP contribution in [0.4, 0.5) is 10.1 Å². The van der Waals surface area contributed by atoms with Crippen LogP contribution < -0.4 is 10.6 Å². The number of hydrogen-bond acceptors (Lipinski definition) is 5. The maximum absolute atomic E-state index is 14.2. The van der Waals surface area contributed by atoms with Crippen LogP contribution in [0.25, 0.3) is 16.6 Å². The van der Waals surface area contributed by atoms with Crippen LogP contribution in [0.3, 0.4) is 0 Å². The normalized spacial score (nSPS) is 18.7. The van der Waals surface area contributed by atoms with Crippen LogP contribution in [0.5, 0.6) is 0 Å². The van der Waals surface area contributed by atoms with Gasteiger partial charge in [-0.05, 0) is 55.0 Å². The van der Waals surface area contributed by atoms with E-state index in [1.54, 1.807) is 29.9 Å². The monoisotopic (exact) mass is 539 g/mol. The SMILES string of the molecule is Cc1nc([C@H]2[C@@H](c3ccccc3)N(c3ccc4c(cnn4-c4ccc(F)cc4)c3)C(=O)C2(C)C)sc1C(N)=O. The lowest BCUT2D eigenvalue weighted by molar-refractivity contribution is -0.124. The van der Waals surface area contributed by atoms with Crippen LogP contribution in [0, 0.1) is 18.2 Å². The first-order chi connectivity index (χ1) is 18.7. The van der Waals surface area contributed by atoms with Gasteiger partial charge in [0, 0.05) is 17.0 Å². The summed E-state index contributed by atoms with van der Waals surface area (Å²) in [6, 6.07) is 21.5. The van der Waals surface area contributed by atoms with Crippen LogP contribution in [0.2, 0.25) is 0 Å². The fourth-order valence-corrected chi connectivity index (χ4v) is 6.80. The first kappa shape index (κ1) is 24.9. The standard InChI is InChI=1S/C30H26FN5O2S/c1-17-26(27(32)37)39-28(34-17)24-25(18-7-5-4-6-8-18)35(29(38)30(24,2)3)22-13-14-23-19(15-22)16-33-36(23)21-11-9-20(31)10-12-21/h4-16,24-25H,1-3H3,(H2,32,37)/t24-,25-/m1/s1. The van der Waals surface area contributed by atoms with Crippen molar-refractivity contribution in [3.63, 3.8) is 0 Å². The van der Waals surface area contributed by atoms with Gasteiger partial charge in [-0.2, -0.15) is 5.10 Å². The Morgan fingerprint density at radius 2 is 1.72 bits per heavy atom. The van der Waals surface area contributed by atoms with Crippen molar-refractivity contribution in [2.24, 2.45) is 11.1 Å². The molecule has 0 radical (unpaired) electrons. The predicted octanol–water partition coefficient (Wildman–Crippen LogP) is 5.93. The number of benzene rings is 3. The van der Waals surface area contributed by atoms with E-state index in [0.29, 0.717) is 15.6 Å². The molecule has 2 N–H and O–H groups in total. The zero-order valence-electron chi connectivity index (χ0n) is 21.6. The van der Waals surface area contributed by atoms with Gasteiger partial charge >= 0.3 is 0 Å². The van der Waals surface area contributed by atoms with E-state index in [1.165, 1.54) is 23.5 Å². The number of nitrogens with two attached hydrogens (primary N) is 1. The van der Waals surface area contributed by atoms with Crippen LogP contribution in [-0.2, 0) is 4.79 Å². The summed E-state index contributed by atoms with van der Waals surface area (Å²) in [5.74, 6) is -1.19. The summed E-state index contributed by atoms with van der Waals surface area (Å²) < 4.78 is 15.2. The second kappa shape index (κ2) is 9.13. The Morgan fingerprint density at radius 3 is 2.38 bits per heavy atom. The molecule has 39 heavy (non-hydrogen) atoms. The summed E-state index contributed by atoms with van der Waals surface area (Å²) in [6.45, 7) is 5.63. The molecular weight excluding hydrogens is 513 g/mol. The highest BCUT2D eigenvalue weighted by molar-refractivity contribution is 7.13.